The topological polar surface area (TPSA) is 24.1 Å². The molecule has 0 atom stereocenters. The number of benzene rings is 6. The van der Waals surface area contributed by atoms with Crippen LogP contribution in [0, 0.1) is 10.8 Å². The van der Waals surface area contributed by atoms with Crippen molar-refractivity contribution in [2.75, 3.05) is 10.6 Å². The third-order valence-corrected chi connectivity index (χ3v) is 10.2. The summed E-state index contributed by atoms with van der Waals surface area (Å²) in [7, 11) is 0. The summed E-state index contributed by atoms with van der Waals surface area (Å²) in [4.78, 5) is 0. The number of anilines is 4. The highest BCUT2D eigenvalue weighted by molar-refractivity contribution is 6.00. The molecule has 2 heteroatoms. The van der Waals surface area contributed by atoms with Gasteiger partial charge in [0.15, 0.2) is 0 Å². The van der Waals surface area contributed by atoms with E-state index in [0.29, 0.717) is 0 Å². The van der Waals surface area contributed by atoms with Gasteiger partial charge < -0.3 is 10.6 Å². The van der Waals surface area contributed by atoms with E-state index in [2.05, 4.69) is 201 Å². The highest BCUT2D eigenvalue weighted by Crippen LogP contribution is 2.39. The Balaban J connectivity index is 1.23. The lowest BCUT2D eigenvalue weighted by molar-refractivity contribution is 0.283. The molecule has 0 saturated carbocycles. The maximum absolute atomic E-state index is 3.74. The largest absolute Gasteiger partial charge is 0.355 e. The maximum Gasteiger partial charge on any atom is 0.0464 e. The highest BCUT2D eigenvalue weighted by atomic mass is 14.9. The van der Waals surface area contributed by atoms with Gasteiger partial charge in [-0.25, -0.2) is 0 Å². The average Bonchev–Trinajstić information content (AvgIpc) is 3.05. The molecule has 0 aliphatic heterocycles. The van der Waals surface area contributed by atoms with Crippen molar-refractivity contribution in [3.8, 4) is 0 Å². The molecule has 0 aromatic heterocycles. The minimum atomic E-state index is 0.123. The molecule has 6 rings (SSSR count). The second kappa shape index (κ2) is 13.9. The van der Waals surface area contributed by atoms with Crippen LogP contribution in [0.3, 0.4) is 0 Å². The number of rotatable bonds is 10. The molecule has 0 aliphatic rings. The van der Waals surface area contributed by atoms with Crippen LogP contribution in [-0.2, 0) is 17.3 Å². The zero-order valence-electron chi connectivity index (χ0n) is 32.7. The lowest BCUT2D eigenvalue weighted by Gasteiger charge is -2.33. The van der Waals surface area contributed by atoms with Gasteiger partial charge in [-0.05, 0) is 110 Å². The Bertz CT molecular complexity index is 1960. The molecule has 0 heterocycles. The van der Waals surface area contributed by atoms with Crippen LogP contribution >= 0.6 is 0 Å². The summed E-state index contributed by atoms with van der Waals surface area (Å²) in [6.45, 7) is 23.4. The first-order chi connectivity index (χ1) is 24.0. The molecule has 264 valence electrons. The van der Waals surface area contributed by atoms with Crippen LogP contribution in [0.4, 0.5) is 22.7 Å². The lowest BCUT2D eigenvalue weighted by atomic mass is 9.72. The summed E-state index contributed by atoms with van der Waals surface area (Å²) in [6, 6.07) is 44.8. The standard InChI is InChI=1S/C49H58N2/c1-46(2,3)32-48(7,8)36-21-25-38(26-22-36)50-44-29-19-34(40-15-11-13-17-42(40)44)31-35-20-30-45(43-18-14-12-16-41(35)43)51-39-27-23-37(24-28-39)49(9,10)33-47(4,5)6/h11-30,50-51H,31-33H2,1-10H3. The van der Waals surface area contributed by atoms with Crippen LogP contribution in [0.1, 0.15) is 104 Å². The Labute approximate surface area is 307 Å². The van der Waals surface area contributed by atoms with E-state index in [4.69, 9.17) is 0 Å². The Morgan fingerprint density at radius 3 is 1.04 bits per heavy atom. The van der Waals surface area contributed by atoms with E-state index < -0.39 is 0 Å². The van der Waals surface area contributed by atoms with Crippen molar-refractivity contribution in [2.45, 2.75) is 99.3 Å². The van der Waals surface area contributed by atoms with Gasteiger partial charge in [0, 0.05) is 33.5 Å². The van der Waals surface area contributed by atoms with Crippen molar-refractivity contribution in [2.24, 2.45) is 10.8 Å². The van der Waals surface area contributed by atoms with E-state index in [1.807, 2.05) is 0 Å². The van der Waals surface area contributed by atoms with E-state index in [1.165, 1.54) is 43.8 Å². The maximum atomic E-state index is 3.74. The normalized spacial score (nSPS) is 12.7. The van der Waals surface area contributed by atoms with Crippen LogP contribution in [0.2, 0.25) is 0 Å². The molecule has 51 heavy (non-hydrogen) atoms. The predicted molar refractivity (Wildman–Crippen MR) is 224 cm³/mol. The summed E-state index contributed by atoms with van der Waals surface area (Å²) in [6.07, 6.45) is 3.13. The average molecular weight is 675 g/mol. The minimum absolute atomic E-state index is 0.123. The van der Waals surface area contributed by atoms with Gasteiger partial charge in [0.2, 0.25) is 0 Å². The van der Waals surface area contributed by atoms with Gasteiger partial charge in [-0.1, -0.05) is 154 Å². The Kier molecular flexibility index (Phi) is 9.85. The molecule has 0 radical (unpaired) electrons. The Morgan fingerprint density at radius 2 is 0.706 bits per heavy atom. The molecule has 2 N–H and O–H groups in total. The van der Waals surface area contributed by atoms with Gasteiger partial charge in [-0.3, -0.25) is 0 Å². The summed E-state index contributed by atoms with van der Waals surface area (Å²) in [5.41, 5.74) is 10.7. The lowest BCUT2D eigenvalue weighted by Crippen LogP contribution is -2.24. The number of fused-ring (bicyclic) bond motifs is 2. The van der Waals surface area contributed by atoms with Gasteiger partial charge in [-0.2, -0.15) is 0 Å². The van der Waals surface area contributed by atoms with Gasteiger partial charge in [0.1, 0.15) is 0 Å². The SMILES string of the molecule is CC(C)(C)CC(C)(C)c1ccc(Nc2ccc(Cc3ccc(Nc4ccc(C(C)(C)CC(C)(C)C)cc4)c4ccccc34)c3ccccc23)cc1. The first kappa shape index (κ1) is 36.2. The summed E-state index contributed by atoms with van der Waals surface area (Å²) in [5, 5.41) is 12.5. The van der Waals surface area contributed by atoms with Crippen LogP contribution in [0.25, 0.3) is 21.5 Å². The molecule has 2 nitrogen and oxygen atoms in total. The van der Waals surface area contributed by atoms with E-state index >= 15 is 0 Å². The first-order valence-electron chi connectivity index (χ1n) is 18.7. The van der Waals surface area contributed by atoms with Crippen molar-refractivity contribution in [1.29, 1.82) is 0 Å². The van der Waals surface area contributed by atoms with Crippen molar-refractivity contribution in [3.63, 3.8) is 0 Å². The summed E-state index contributed by atoms with van der Waals surface area (Å²) in [5.74, 6) is 0. The molecule has 0 amide bonds. The molecule has 6 aromatic carbocycles. The van der Waals surface area contributed by atoms with Gasteiger partial charge in [0.05, 0.1) is 0 Å². The molecule has 0 aliphatic carbocycles. The minimum Gasteiger partial charge on any atom is -0.355 e. The van der Waals surface area contributed by atoms with Crippen LogP contribution in [-0.4, -0.2) is 0 Å². The van der Waals surface area contributed by atoms with Gasteiger partial charge >= 0.3 is 0 Å². The van der Waals surface area contributed by atoms with E-state index in [9.17, 15) is 0 Å². The zero-order chi connectivity index (χ0) is 36.6. The fourth-order valence-electron chi connectivity index (χ4n) is 8.63. The molecule has 0 saturated heterocycles. The quantitative estimate of drug-likeness (QED) is 0.151. The van der Waals surface area contributed by atoms with E-state index in [0.717, 1.165) is 42.0 Å². The number of nitrogens with one attached hydrogen (secondary N) is 2. The monoisotopic (exact) mass is 674 g/mol. The number of hydrogen-bond donors (Lipinski definition) is 2. The van der Waals surface area contributed by atoms with Crippen LogP contribution in [0.5, 0.6) is 0 Å². The van der Waals surface area contributed by atoms with Crippen molar-refractivity contribution in [1.82, 2.24) is 0 Å². The predicted octanol–water partition coefficient (Wildman–Crippen LogP) is 14.5. The molecular weight excluding hydrogens is 617 g/mol. The van der Waals surface area contributed by atoms with Crippen LogP contribution < -0.4 is 10.6 Å². The fraction of sp³-hybridized carbons (Fsp3) is 0.347. The molecule has 0 spiro atoms. The van der Waals surface area contributed by atoms with Gasteiger partial charge in [0.25, 0.3) is 0 Å². The van der Waals surface area contributed by atoms with Crippen molar-refractivity contribution >= 4 is 44.3 Å². The van der Waals surface area contributed by atoms with Gasteiger partial charge in [-0.15, -0.1) is 0 Å². The second-order valence-electron chi connectivity index (χ2n) is 18.5. The Hall–Kier alpha value is -4.56. The summed E-state index contributed by atoms with van der Waals surface area (Å²) >= 11 is 0. The molecular formula is C49H58N2. The first-order valence-corrected chi connectivity index (χ1v) is 18.7. The van der Waals surface area contributed by atoms with Crippen LogP contribution in [0.15, 0.2) is 121 Å². The zero-order valence-corrected chi connectivity index (χ0v) is 32.7. The molecule has 0 unspecified atom stereocenters. The smallest absolute Gasteiger partial charge is 0.0464 e. The third kappa shape index (κ3) is 8.67. The molecule has 0 fully saturated rings. The van der Waals surface area contributed by atoms with Crippen molar-refractivity contribution < 1.29 is 0 Å². The molecule has 0 bridgehead atoms. The summed E-state index contributed by atoms with van der Waals surface area (Å²) < 4.78 is 0. The highest BCUT2D eigenvalue weighted by Gasteiger charge is 2.28. The van der Waals surface area contributed by atoms with Crippen molar-refractivity contribution in [3.05, 3.63) is 144 Å². The third-order valence-electron chi connectivity index (χ3n) is 10.2. The van der Waals surface area contributed by atoms with E-state index in [-0.39, 0.29) is 21.7 Å². The van der Waals surface area contributed by atoms with E-state index in [1.54, 1.807) is 0 Å². The fourth-order valence-corrected chi connectivity index (χ4v) is 8.63. The Morgan fingerprint density at radius 1 is 0.373 bits per heavy atom. The second-order valence-corrected chi connectivity index (χ2v) is 18.5. The molecule has 6 aromatic rings. The number of hydrogen-bond acceptors (Lipinski definition) is 2.